The average Bonchev–Trinajstić information content (AvgIpc) is 2.89. The van der Waals surface area contributed by atoms with Gasteiger partial charge in [0.1, 0.15) is 0 Å². The Morgan fingerprint density at radius 1 is 1.15 bits per heavy atom. The third-order valence-corrected chi connectivity index (χ3v) is 5.19. The van der Waals surface area contributed by atoms with Gasteiger partial charge in [0, 0.05) is 41.8 Å². The van der Waals surface area contributed by atoms with Gasteiger partial charge >= 0.3 is 0 Å². The molecule has 3 heterocycles. The van der Waals surface area contributed by atoms with Crippen LogP contribution in [-0.4, -0.2) is 56.7 Å². The van der Waals surface area contributed by atoms with E-state index in [0.717, 1.165) is 54.3 Å². The fraction of sp³-hybridized carbons (Fsp3) is 0.579. The van der Waals surface area contributed by atoms with E-state index in [4.69, 9.17) is 0 Å². The zero-order chi connectivity index (χ0) is 18.8. The van der Waals surface area contributed by atoms with E-state index in [1.165, 1.54) is 0 Å². The van der Waals surface area contributed by atoms with Gasteiger partial charge in [-0.15, -0.1) is 0 Å². The third kappa shape index (κ3) is 3.77. The number of piperidine rings is 1. The molecule has 26 heavy (non-hydrogen) atoms. The Morgan fingerprint density at radius 2 is 1.77 bits per heavy atom. The van der Waals surface area contributed by atoms with E-state index in [1.54, 1.807) is 4.68 Å². The number of likely N-dealkylation sites (tertiary alicyclic amines) is 1. The summed E-state index contributed by atoms with van der Waals surface area (Å²) in [6.07, 6.45) is 2.40. The average molecular weight is 356 g/mol. The van der Waals surface area contributed by atoms with Crippen LogP contribution in [0.2, 0.25) is 0 Å². The van der Waals surface area contributed by atoms with E-state index in [0.29, 0.717) is 18.4 Å². The lowest BCUT2D eigenvalue weighted by Gasteiger charge is -2.31. The molecule has 1 amide bonds. The van der Waals surface area contributed by atoms with Crippen LogP contribution in [0.25, 0.3) is 5.95 Å². The van der Waals surface area contributed by atoms with Crippen LogP contribution in [0, 0.1) is 27.7 Å². The molecule has 2 aromatic heterocycles. The zero-order valence-corrected chi connectivity index (χ0v) is 16.3. The van der Waals surface area contributed by atoms with Crippen molar-refractivity contribution in [2.75, 3.05) is 20.1 Å². The van der Waals surface area contributed by atoms with E-state index < -0.39 is 0 Å². The fourth-order valence-electron chi connectivity index (χ4n) is 3.61. The van der Waals surface area contributed by atoms with Crippen molar-refractivity contribution < 1.29 is 4.79 Å². The Labute approximate surface area is 154 Å². The summed E-state index contributed by atoms with van der Waals surface area (Å²) in [6, 6.07) is 2.46. The van der Waals surface area contributed by atoms with E-state index in [-0.39, 0.29) is 5.91 Å². The maximum Gasteiger partial charge on any atom is 0.251 e. The predicted molar refractivity (Wildman–Crippen MR) is 100 cm³/mol. The van der Waals surface area contributed by atoms with Crippen LogP contribution in [0.3, 0.4) is 0 Å². The molecule has 3 rings (SSSR count). The number of carbonyl (C=O) groups excluding carboxylic acids is 1. The number of carbonyl (C=O) groups is 1. The molecular weight excluding hydrogens is 328 g/mol. The van der Waals surface area contributed by atoms with Gasteiger partial charge in [0.05, 0.1) is 12.1 Å². The smallest absolute Gasteiger partial charge is 0.251 e. The predicted octanol–water partition coefficient (Wildman–Crippen LogP) is 1.65. The highest BCUT2D eigenvalue weighted by Gasteiger charge is 2.24. The zero-order valence-electron chi connectivity index (χ0n) is 16.3. The minimum absolute atomic E-state index is 0.173. The molecule has 1 saturated heterocycles. The topological polar surface area (TPSA) is 75.9 Å². The summed E-state index contributed by atoms with van der Waals surface area (Å²) in [5.74, 6) is 0.739. The molecule has 0 unspecified atom stereocenters. The Kier molecular flexibility index (Phi) is 5.36. The molecule has 0 aromatic carbocycles. The quantitative estimate of drug-likeness (QED) is 0.901. The molecule has 140 valence electrons. The SMILES string of the molecule is CNC1CCN(C(=O)Cc2c(C)nn(-c3nc(C)cc(C)n3)c2C)CC1. The van der Waals surface area contributed by atoms with E-state index in [1.807, 2.05) is 45.7 Å². The van der Waals surface area contributed by atoms with Crippen LogP contribution < -0.4 is 5.32 Å². The summed E-state index contributed by atoms with van der Waals surface area (Å²) in [7, 11) is 1.98. The lowest BCUT2D eigenvalue weighted by atomic mass is 10.0. The summed E-state index contributed by atoms with van der Waals surface area (Å²) in [4.78, 5) is 23.7. The Balaban J connectivity index is 1.79. The molecule has 0 spiro atoms. The van der Waals surface area contributed by atoms with Crippen molar-refractivity contribution >= 4 is 5.91 Å². The standard InChI is InChI=1S/C19H28N6O/c1-12-10-13(2)22-19(21-12)25-15(4)17(14(3)23-25)11-18(26)24-8-6-16(20-5)7-9-24/h10,16,20H,6-9,11H2,1-5H3. The molecule has 0 bridgehead atoms. The molecule has 0 radical (unpaired) electrons. The van der Waals surface area contributed by atoms with Crippen molar-refractivity contribution in [3.8, 4) is 5.95 Å². The highest BCUT2D eigenvalue weighted by atomic mass is 16.2. The molecule has 2 aromatic rings. The molecule has 7 heteroatoms. The van der Waals surface area contributed by atoms with Crippen LogP contribution in [0.4, 0.5) is 0 Å². The Hall–Kier alpha value is -2.28. The number of aromatic nitrogens is 4. The molecular formula is C19H28N6O. The molecule has 1 aliphatic heterocycles. The Bertz CT molecular complexity index is 784. The summed E-state index contributed by atoms with van der Waals surface area (Å²) >= 11 is 0. The van der Waals surface area contributed by atoms with Crippen molar-refractivity contribution in [2.24, 2.45) is 0 Å². The second kappa shape index (κ2) is 7.53. The summed E-state index contributed by atoms with van der Waals surface area (Å²) in [5, 5.41) is 7.89. The third-order valence-electron chi connectivity index (χ3n) is 5.19. The first kappa shape index (κ1) is 18.5. The van der Waals surface area contributed by atoms with Crippen LogP contribution in [0.5, 0.6) is 0 Å². The number of amides is 1. The van der Waals surface area contributed by atoms with Crippen molar-refractivity contribution in [1.82, 2.24) is 30.0 Å². The highest BCUT2D eigenvalue weighted by Crippen LogP contribution is 2.19. The fourth-order valence-corrected chi connectivity index (χ4v) is 3.61. The van der Waals surface area contributed by atoms with E-state index >= 15 is 0 Å². The van der Waals surface area contributed by atoms with Crippen molar-refractivity contribution in [1.29, 1.82) is 0 Å². The monoisotopic (exact) mass is 356 g/mol. The van der Waals surface area contributed by atoms with Gasteiger partial charge in [0.15, 0.2) is 0 Å². The van der Waals surface area contributed by atoms with Crippen LogP contribution >= 0.6 is 0 Å². The number of aryl methyl sites for hydroxylation is 3. The molecule has 7 nitrogen and oxygen atoms in total. The summed E-state index contributed by atoms with van der Waals surface area (Å²) < 4.78 is 1.76. The maximum atomic E-state index is 12.8. The van der Waals surface area contributed by atoms with Crippen molar-refractivity contribution in [2.45, 2.75) is 53.0 Å². The molecule has 1 fully saturated rings. The number of nitrogens with one attached hydrogen (secondary N) is 1. The van der Waals surface area contributed by atoms with Gasteiger partial charge in [-0.05, 0) is 53.7 Å². The van der Waals surface area contributed by atoms with Crippen molar-refractivity contribution in [3.05, 3.63) is 34.4 Å². The van der Waals surface area contributed by atoms with Gasteiger partial charge in [0.25, 0.3) is 5.95 Å². The van der Waals surface area contributed by atoms with E-state index in [2.05, 4.69) is 20.4 Å². The number of nitrogens with zero attached hydrogens (tertiary/aromatic N) is 5. The number of rotatable bonds is 4. The first-order chi connectivity index (χ1) is 12.4. The normalized spacial score (nSPS) is 15.5. The second-order valence-corrected chi connectivity index (χ2v) is 7.13. The van der Waals surface area contributed by atoms with E-state index in [9.17, 15) is 4.79 Å². The van der Waals surface area contributed by atoms with Gasteiger partial charge < -0.3 is 10.2 Å². The lowest BCUT2D eigenvalue weighted by Crippen LogP contribution is -2.44. The molecule has 0 saturated carbocycles. The highest BCUT2D eigenvalue weighted by molar-refractivity contribution is 5.79. The number of hydrogen-bond donors (Lipinski definition) is 1. The maximum absolute atomic E-state index is 12.8. The lowest BCUT2D eigenvalue weighted by molar-refractivity contribution is -0.131. The second-order valence-electron chi connectivity index (χ2n) is 7.13. The first-order valence-corrected chi connectivity index (χ1v) is 9.22. The van der Waals surface area contributed by atoms with Crippen LogP contribution in [-0.2, 0) is 11.2 Å². The van der Waals surface area contributed by atoms with Gasteiger partial charge in [0.2, 0.25) is 5.91 Å². The van der Waals surface area contributed by atoms with Gasteiger partial charge in [-0.2, -0.15) is 5.10 Å². The minimum atomic E-state index is 0.173. The number of hydrogen-bond acceptors (Lipinski definition) is 5. The molecule has 1 N–H and O–H groups in total. The largest absolute Gasteiger partial charge is 0.342 e. The summed E-state index contributed by atoms with van der Waals surface area (Å²) in [5.41, 5.74) is 4.60. The van der Waals surface area contributed by atoms with Gasteiger partial charge in [-0.1, -0.05) is 0 Å². The van der Waals surface area contributed by atoms with Gasteiger partial charge in [-0.3, -0.25) is 4.79 Å². The molecule has 0 atom stereocenters. The minimum Gasteiger partial charge on any atom is -0.342 e. The first-order valence-electron chi connectivity index (χ1n) is 9.22. The summed E-state index contributed by atoms with van der Waals surface area (Å²) in [6.45, 7) is 9.46. The van der Waals surface area contributed by atoms with Crippen LogP contribution in [0.1, 0.15) is 41.2 Å². The van der Waals surface area contributed by atoms with Gasteiger partial charge in [-0.25, -0.2) is 14.6 Å². The Morgan fingerprint density at radius 3 is 2.35 bits per heavy atom. The van der Waals surface area contributed by atoms with Crippen LogP contribution in [0.15, 0.2) is 6.07 Å². The molecule has 0 aliphatic carbocycles. The molecule has 1 aliphatic rings. The van der Waals surface area contributed by atoms with Crippen molar-refractivity contribution in [3.63, 3.8) is 0 Å².